The Labute approximate surface area is 119 Å². The molecule has 20 heavy (non-hydrogen) atoms. The highest BCUT2D eigenvalue weighted by atomic mass is 15.3. The maximum atomic E-state index is 4.72. The fourth-order valence-corrected chi connectivity index (χ4v) is 2.45. The van der Waals surface area contributed by atoms with Crippen LogP contribution in [0.25, 0.3) is 11.0 Å². The Bertz CT molecular complexity index is 574. The average molecular weight is 274 g/mol. The molecule has 0 bridgehead atoms. The van der Waals surface area contributed by atoms with Crippen molar-refractivity contribution in [1.29, 1.82) is 0 Å². The largest absolute Gasteiger partial charge is 0.354 e. The molecule has 0 unspecified atom stereocenters. The second kappa shape index (κ2) is 5.64. The molecule has 0 radical (unpaired) electrons. The maximum absolute atomic E-state index is 4.72. The van der Waals surface area contributed by atoms with Gasteiger partial charge < -0.3 is 10.2 Å². The predicted octanol–water partition coefficient (Wildman–Crippen LogP) is 2.55. The van der Waals surface area contributed by atoms with E-state index in [4.69, 9.17) is 4.98 Å². The van der Waals surface area contributed by atoms with Crippen molar-refractivity contribution < 1.29 is 0 Å². The van der Waals surface area contributed by atoms with Crippen molar-refractivity contribution in [2.45, 2.75) is 45.6 Å². The van der Waals surface area contributed by atoms with Crippen LogP contribution < -0.4 is 10.2 Å². The van der Waals surface area contributed by atoms with Crippen LogP contribution in [0, 0.1) is 0 Å². The standard InChI is InChI=1S/C14H22N6/c1-3-5-8-20(10-6-7-10)13-11-9-16-19-12(11)17-14(18-13)15-4-2/h9-10H,3-8H2,1-2H3,(H2,15,16,17,18,19). The molecule has 108 valence electrons. The third-order valence-electron chi connectivity index (χ3n) is 3.64. The van der Waals surface area contributed by atoms with Crippen LogP contribution in [0.4, 0.5) is 11.8 Å². The Hall–Kier alpha value is -1.85. The molecule has 0 aromatic carbocycles. The molecule has 1 aliphatic carbocycles. The van der Waals surface area contributed by atoms with Gasteiger partial charge in [0.15, 0.2) is 5.65 Å². The second-order valence-electron chi connectivity index (χ2n) is 5.31. The summed E-state index contributed by atoms with van der Waals surface area (Å²) >= 11 is 0. The van der Waals surface area contributed by atoms with Crippen molar-refractivity contribution in [3.05, 3.63) is 6.20 Å². The fourth-order valence-electron chi connectivity index (χ4n) is 2.45. The van der Waals surface area contributed by atoms with E-state index in [1.165, 1.54) is 25.7 Å². The topological polar surface area (TPSA) is 69.7 Å². The summed E-state index contributed by atoms with van der Waals surface area (Å²) in [5, 5.41) is 11.3. The third-order valence-corrected chi connectivity index (χ3v) is 3.64. The molecule has 1 aliphatic rings. The summed E-state index contributed by atoms with van der Waals surface area (Å²) < 4.78 is 0. The Morgan fingerprint density at radius 1 is 1.35 bits per heavy atom. The number of nitrogens with zero attached hydrogens (tertiary/aromatic N) is 4. The summed E-state index contributed by atoms with van der Waals surface area (Å²) in [6.07, 6.45) is 6.76. The van der Waals surface area contributed by atoms with Gasteiger partial charge in [-0.25, -0.2) is 0 Å². The molecule has 0 amide bonds. The van der Waals surface area contributed by atoms with Crippen LogP contribution in [0.2, 0.25) is 0 Å². The van der Waals surface area contributed by atoms with Gasteiger partial charge in [-0.05, 0) is 26.2 Å². The first kappa shape index (κ1) is 13.1. The zero-order valence-corrected chi connectivity index (χ0v) is 12.2. The number of aromatic amines is 1. The molecule has 3 rings (SSSR count). The molecule has 2 aromatic heterocycles. The molecule has 0 atom stereocenters. The molecule has 6 nitrogen and oxygen atoms in total. The van der Waals surface area contributed by atoms with Crippen LogP contribution >= 0.6 is 0 Å². The normalized spacial score (nSPS) is 14.7. The van der Waals surface area contributed by atoms with Gasteiger partial charge in [-0.1, -0.05) is 13.3 Å². The third kappa shape index (κ3) is 2.55. The molecule has 1 saturated carbocycles. The van der Waals surface area contributed by atoms with Gasteiger partial charge in [0.25, 0.3) is 0 Å². The van der Waals surface area contributed by atoms with E-state index in [2.05, 4.69) is 39.2 Å². The van der Waals surface area contributed by atoms with Crippen LogP contribution in [0.1, 0.15) is 39.5 Å². The number of hydrogen-bond donors (Lipinski definition) is 2. The van der Waals surface area contributed by atoms with Crippen LogP contribution in [-0.2, 0) is 0 Å². The van der Waals surface area contributed by atoms with Crippen LogP contribution in [0.5, 0.6) is 0 Å². The number of hydrogen-bond acceptors (Lipinski definition) is 5. The Morgan fingerprint density at radius 3 is 2.90 bits per heavy atom. The van der Waals surface area contributed by atoms with Crippen molar-refractivity contribution in [3.63, 3.8) is 0 Å². The molecular weight excluding hydrogens is 252 g/mol. The first-order valence-electron chi connectivity index (χ1n) is 7.55. The van der Waals surface area contributed by atoms with E-state index in [1.807, 2.05) is 6.20 Å². The molecule has 0 aliphatic heterocycles. The average Bonchev–Trinajstić information content (AvgIpc) is 3.17. The van der Waals surface area contributed by atoms with Gasteiger partial charge in [0.2, 0.25) is 5.95 Å². The molecule has 2 heterocycles. The van der Waals surface area contributed by atoms with E-state index in [9.17, 15) is 0 Å². The maximum Gasteiger partial charge on any atom is 0.226 e. The van der Waals surface area contributed by atoms with E-state index in [0.29, 0.717) is 12.0 Å². The summed E-state index contributed by atoms with van der Waals surface area (Å²) in [7, 11) is 0. The van der Waals surface area contributed by atoms with Crippen molar-refractivity contribution >= 4 is 22.8 Å². The van der Waals surface area contributed by atoms with Crippen LogP contribution in [0.3, 0.4) is 0 Å². The predicted molar refractivity (Wildman–Crippen MR) is 81.1 cm³/mol. The summed E-state index contributed by atoms with van der Waals surface area (Å²) in [4.78, 5) is 11.6. The van der Waals surface area contributed by atoms with Gasteiger partial charge in [0.05, 0.1) is 11.6 Å². The lowest BCUT2D eigenvalue weighted by Gasteiger charge is -2.24. The molecule has 0 saturated heterocycles. The number of H-pyrrole nitrogens is 1. The Balaban J connectivity index is 1.99. The number of anilines is 2. The lowest BCUT2D eigenvalue weighted by atomic mass is 10.3. The highest BCUT2D eigenvalue weighted by Crippen LogP contribution is 2.34. The minimum atomic E-state index is 0.643. The lowest BCUT2D eigenvalue weighted by molar-refractivity contribution is 0.707. The Morgan fingerprint density at radius 2 is 2.20 bits per heavy atom. The van der Waals surface area contributed by atoms with Crippen LogP contribution in [-0.4, -0.2) is 39.3 Å². The molecule has 0 spiro atoms. The van der Waals surface area contributed by atoms with Gasteiger partial charge >= 0.3 is 0 Å². The Kier molecular flexibility index (Phi) is 3.71. The van der Waals surface area contributed by atoms with Gasteiger partial charge in [-0.15, -0.1) is 0 Å². The zero-order valence-electron chi connectivity index (χ0n) is 12.2. The van der Waals surface area contributed by atoms with E-state index in [0.717, 1.165) is 29.9 Å². The van der Waals surface area contributed by atoms with Crippen LogP contribution in [0.15, 0.2) is 6.20 Å². The lowest BCUT2D eigenvalue weighted by Crippen LogP contribution is -2.28. The highest BCUT2D eigenvalue weighted by Gasteiger charge is 2.31. The summed E-state index contributed by atoms with van der Waals surface area (Å²) in [5.74, 6) is 1.71. The van der Waals surface area contributed by atoms with Gasteiger partial charge in [-0.3, -0.25) is 5.10 Å². The quantitative estimate of drug-likeness (QED) is 0.812. The molecule has 2 aromatic rings. The second-order valence-corrected chi connectivity index (χ2v) is 5.31. The number of unbranched alkanes of at least 4 members (excludes halogenated alkanes) is 1. The summed E-state index contributed by atoms with van der Waals surface area (Å²) in [6.45, 7) is 6.15. The monoisotopic (exact) mass is 274 g/mol. The van der Waals surface area contributed by atoms with Crippen molar-refractivity contribution in [3.8, 4) is 0 Å². The minimum absolute atomic E-state index is 0.643. The number of aromatic nitrogens is 4. The number of nitrogens with one attached hydrogen (secondary N) is 2. The molecular formula is C14H22N6. The summed E-state index contributed by atoms with van der Waals surface area (Å²) in [5.41, 5.74) is 0.813. The van der Waals surface area contributed by atoms with Crippen molar-refractivity contribution in [2.75, 3.05) is 23.3 Å². The van der Waals surface area contributed by atoms with E-state index >= 15 is 0 Å². The smallest absolute Gasteiger partial charge is 0.226 e. The minimum Gasteiger partial charge on any atom is -0.354 e. The van der Waals surface area contributed by atoms with Gasteiger partial charge in [0.1, 0.15) is 5.82 Å². The number of fused-ring (bicyclic) bond motifs is 1. The first-order valence-corrected chi connectivity index (χ1v) is 7.55. The summed E-state index contributed by atoms with van der Waals surface area (Å²) in [6, 6.07) is 0.643. The SMILES string of the molecule is CCCCN(c1nc(NCC)nc2[nH]ncc12)C1CC1. The highest BCUT2D eigenvalue weighted by molar-refractivity contribution is 5.87. The molecule has 6 heteroatoms. The first-order chi connectivity index (χ1) is 9.83. The zero-order chi connectivity index (χ0) is 13.9. The molecule has 1 fully saturated rings. The van der Waals surface area contributed by atoms with Gasteiger partial charge in [-0.2, -0.15) is 15.1 Å². The molecule has 2 N–H and O–H groups in total. The van der Waals surface area contributed by atoms with Crippen molar-refractivity contribution in [2.24, 2.45) is 0 Å². The fraction of sp³-hybridized carbons (Fsp3) is 0.643. The van der Waals surface area contributed by atoms with E-state index < -0.39 is 0 Å². The van der Waals surface area contributed by atoms with E-state index in [-0.39, 0.29) is 0 Å². The van der Waals surface area contributed by atoms with Crippen molar-refractivity contribution in [1.82, 2.24) is 20.2 Å². The van der Waals surface area contributed by atoms with E-state index in [1.54, 1.807) is 0 Å². The number of rotatable bonds is 7. The van der Waals surface area contributed by atoms with Gasteiger partial charge in [0, 0.05) is 19.1 Å².